The lowest BCUT2D eigenvalue weighted by molar-refractivity contribution is 0.0672. The summed E-state index contributed by atoms with van der Waals surface area (Å²) in [7, 11) is 0. The van der Waals surface area contributed by atoms with Crippen molar-refractivity contribution in [2.24, 2.45) is 5.73 Å². The Balaban J connectivity index is 1.74. The molecule has 1 saturated heterocycles. The van der Waals surface area contributed by atoms with Crippen LogP contribution in [0.5, 0.6) is 0 Å². The third-order valence-corrected chi connectivity index (χ3v) is 4.23. The summed E-state index contributed by atoms with van der Waals surface area (Å²) >= 11 is 0. The van der Waals surface area contributed by atoms with Crippen LogP contribution in [0.3, 0.4) is 0 Å². The van der Waals surface area contributed by atoms with E-state index in [9.17, 15) is 4.39 Å². The molecule has 0 spiro atoms. The zero-order valence-corrected chi connectivity index (χ0v) is 12.5. The van der Waals surface area contributed by atoms with Crippen LogP contribution in [-0.2, 0) is 17.7 Å². The lowest BCUT2D eigenvalue weighted by atomic mass is 10.00. The number of hydrogen-bond acceptors (Lipinski definition) is 4. The van der Waals surface area contributed by atoms with E-state index < -0.39 is 5.83 Å². The molecule has 1 fully saturated rings. The maximum absolute atomic E-state index is 14.5. The molecule has 5 nitrogen and oxygen atoms in total. The molecule has 6 heteroatoms. The van der Waals surface area contributed by atoms with Crippen LogP contribution < -0.4 is 5.73 Å². The van der Waals surface area contributed by atoms with Gasteiger partial charge in [0.1, 0.15) is 5.82 Å². The highest BCUT2D eigenvalue weighted by molar-refractivity contribution is 5.94. The minimum absolute atomic E-state index is 0.0611. The number of morpholine rings is 1. The Morgan fingerprint density at radius 1 is 1.09 bits per heavy atom. The summed E-state index contributed by atoms with van der Waals surface area (Å²) in [6.07, 6.45) is 0.842. The van der Waals surface area contributed by atoms with Crippen LogP contribution in [0.15, 0.2) is 35.9 Å². The fraction of sp³-hybridized carbons (Fsp3) is 0.438. The Morgan fingerprint density at radius 3 is 2.50 bits per heavy atom. The van der Waals surface area contributed by atoms with Crippen molar-refractivity contribution in [1.82, 2.24) is 9.80 Å². The molecule has 2 aliphatic rings. The predicted molar refractivity (Wildman–Crippen MR) is 83.0 cm³/mol. The van der Waals surface area contributed by atoms with Gasteiger partial charge in [0, 0.05) is 26.2 Å². The van der Waals surface area contributed by atoms with Crippen LogP contribution in [-0.4, -0.2) is 48.5 Å². The number of hydrogen-bond donors (Lipinski definition) is 2. The standard InChI is InChI=1S/C16H21FN4O/c17-14(15(18)20-7-9-22-10-8-20)16(19)21-6-5-12-3-1-2-4-13(12)11-21/h1-4,18H,5-11,19H2. The van der Waals surface area contributed by atoms with E-state index in [0.717, 1.165) is 6.42 Å². The molecule has 0 saturated carbocycles. The lowest BCUT2D eigenvalue weighted by Crippen LogP contribution is -2.42. The maximum atomic E-state index is 14.5. The van der Waals surface area contributed by atoms with E-state index in [4.69, 9.17) is 15.9 Å². The number of rotatable bonds is 2. The van der Waals surface area contributed by atoms with E-state index in [2.05, 4.69) is 6.07 Å². The molecule has 3 rings (SSSR count). The molecule has 0 atom stereocenters. The monoisotopic (exact) mass is 304 g/mol. The molecule has 1 aromatic rings. The fourth-order valence-electron chi connectivity index (χ4n) is 2.89. The molecule has 0 amide bonds. The Labute approximate surface area is 129 Å². The van der Waals surface area contributed by atoms with Gasteiger partial charge in [0.2, 0.25) is 5.83 Å². The van der Waals surface area contributed by atoms with Crippen molar-refractivity contribution in [2.75, 3.05) is 32.8 Å². The molecular formula is C16H21FN4O. The zero-order valence-electron chi connectivity index (χ0n) is 12.5. The fourth-order valence-corrected chi connectivity index (χ4v) is 2.89. The Morgan fingerprint density at radius 2 is 1.77 bits per heavy atom. The summed E-state index contributed by atoms with van der Waals surface area (Å²) < 4.78 is 19.8. The van der Waals surface area contributed by atoms with E-state index in [1.807, 2.05) is 23.1 Å². The number of nitrogens with one attached hydrogen (secondary N) is 1. The van der Waals surface area contributed by atoms with Gasteiger partial charge in [0.25, 0.3) is 0 Å². The SMILES string of the molecule is N=C(C(F)=C(N)N1CCc2ccccc2C1)N1CCOCC1. The molecule has 3 N–H and O–H groups in total. The third kappa shape index (κ3) is 2.92. The first-order chi connectivity index (χ1) is 10.7. The van der Waals surface area contributed by atoms with Gasteiger partial charge >= 0.3 is 0 Å². The van der Waals surface area contributed by atoms with Crippen LogP contribution in [0, 0.1) is 5.41 Å². The molecule has 1 aromatic carbocycles. The smallest absolute Gasteiger partial charge is 0.204 e. The number of amidine groups is 1. The molecule has 2 aliphatic heterocycles. The van der Waals surface area contributed by atoms with Gasteiger partial charge in [0.15, 0.2) is 5.84 Å². The molecule has 0 bridgehead atoms. The van der Waals surface area contributed by atoms with Crippen LogP contribution in [0.1, 0.15) is 11.1 Å². The molecule has 0 aromatic heterocycles. The predicted octanol–water partition coefficient (Wildman–Crippen LogP) is 1.45. The summed E-state index contributed by atoms with van der Waals surface area (Å²) in [5.41, 5.74) is 8.44. The van der Waals surface area contributed by atoms with Crippen molar-refractivity contribution in [3.05, 3.63) is 47.0 Å². The van der Waals surface area contributed by atoms with Crippen molar-refractivity contribution in [1.29, 1.82) is 5.41 Å². The van der Waals surface area contributed by atoms with Gasteiger partial charge in [-0.05, 0) is 17.5 Å². The minimum atomic E-state index is -0.638. The topological polar surface area (TPSA) is 65.6 Å². The van der Waals surface area contributed by atoms with Gasteiger partial charge in [-0.1, -0.05) is 24.3 Å². The molecule has 118 valence electrons. The largest absolute Gasteiger partial charge is 0.383 e. The zero-order chi connectivity index (χ0) is 15.5. The van der Waals surface area contributed by atoms with E-state index in [0.29, 0.717) is 39.4 Å². The van der Waals surface area contributed by atoms with Crippen LogP contribution in [0.4, 0.5) is 4.39 Å². The number of nitrogens with zero attached hydrogens (tertiary/aromatic N) is 2. The van der Waals surface area contributed by atoms with E-state index >= 15 is 0 Å². The van der Waals surface area contributed by atoms with Crippen LogP contribution >= 0.6 is 0 Å². The van der Waals surface area contributed by atoms with E-state index in [1.165, 1.54) is 11.1 Å². The van der Waals surface area contributed by atoms with Crippen LogP contribution in [0.25, 0.3) is 0 Å². The number of fused-ring (bicyclic) bond motifs is 1. The molecule has 0 aliphatic carbocycles. The van der Waals surface area contributed by atoms with Crippen molar-refractivity contribution >= 4 is 5.84 Å². The number of nitrogens with two attached hydrogens (primary N) is 1. The summed E-state index contributed by atoms with van der Waals surface area (Å²) in [5.74, 6) is -0.716. The Kier molecular flexibility index (Phi) is 4.29. The first kappa shape index (κ1) is 14.8. The first-order valence-corrected chi connectivity index (χ1v) is 7.55. The van der Waals surface area contributed by atoms with E-state index in [-0.39, 0.29) is 11.7 Å². The van der Waals surface area contributed by atoms with Crippen molar-refractivity contribution in [3.8, 4) is 0 Å². The molecule has 2 heterocycles. The Bertz CT molecular complexity index is 596. The van der Waals surface area contributed by atoms with Gasteiger partial charge < -0.3 is 20.3 Å². The highest BCUT2D eigenvalue weighted by Gasteiger charge is 2.24. The molecular weight excluding hydrogens is 283 g/mol. The first-order valence-electron chi connectivity index (χ1n) is 7.55. The molecule has 22 heavy (non-hydrogen) atoms. The highest BCUT2D eigenvalue weighted by atomic mass is 19.1. The second kappa shape index (κ2) is 6.36. The summed E-state index contributed by atoms with van der Waals surface area (Å²) in [6.45, 7) is 3.36. The summed E-state index contributed by atoms with van der Waals surface area (Å²) in [4.78, 5) is 3.48. The van der Waals surface area contributed by atoms with Crippen LogP contribution in [0.2, 0.25) is 0 Å². The Hall–Kier alpha value is -2.08. The van der Waals surface area contributed by atoms with Crippen molar-refractivity contribution in [2.45, 2.75) is 13.0 Å². The van der Waals surface area contributed by atoms with Gasteiger partial charge in [-0.25, -0.2) is 0 Å². The molecule has 0 unspecified atom stereocenters. The quantitative estimate of drug-likeness (QED) is 0.641. The normalized spacial score (nSPS) is 19.5. The van der Waals surface area contributed by atoms with Gasteiger partial charge in [-0.3, -0.25) is 5.41 Å². The number of halogens is 1. The van der Waals surface area contributed by atoms with Gasteiger partial charge in [0.05, 0.1) is 13.2 Å². The maximum Gasteiger partial charge on any atom is 0.204 e. The average Bonchev–Trinajstić information content (AvgIpc) is 2.60. The average molecular weight is 304 g/mol. The lowest BCUT2D eigenvalue weighted by Gasteiger charge is -2.32. The highest BCUT2D eigenvalue weighted by Crippen LogP contribution is 2.22. The number of ether oxygens (including phenoxy) is 1. The molecule has 0 radical (unpaired) electrons. The second-order valence-electron chi connectivity index (χ2n) is 5.59. The van der Waals surface area contributed by atoms with Crippen molar-refractivity contribution < 1.29 is 9.13 Å². The summed E-state index contributed by atoms with van der Waals surface area (Å²) in [5, 5.41) is 8.01. The third-order valence-electron chi connectivity index (χ3n) is 4.23. The number of benzene rings is 1. The van der Waals surface area contributed by atoms with E-state index in [1.54, 1.807) is 4.90 Å². The second-order valence-corrected chi connectivity index (χ2v) is 5.59. The van der Waals surface area contributed by atoms with Crippen molar-refractivity contribution in [3.63, 3.8) is 0 Å². The minimum Gasteiger partial charge on any atom is -0.383 e. The summed E-state index contributed by atoms with van der Waals surface area (Å²) in [6, 6.07) is 8.13. The van der Waals surface area contributed by atoms with Gasteiger partial charge in [-0.15, -0.1) is 0 Å². The van der Waals surface area contributed by atoms with Gasteiger partial charge in [-0.2, -0.15) is 4.39 Å².